The van der Waals surface area contributed by atoms with Crippen molar-refractivity contribution in [2.75, 3.05) is 0 Å². The summed E-state index contributed by atoms with van der Waals surface area (Å²) >= 11 is 0. The molecule has 0 bridgehead atoms. The molecule has 1 aromatic heterocycles. The normalized spacial score (nSPS) is 20.3. The van der Waals surface area contributed by atoms with Gasteiger partial charge < -0.3 is 9.67 Å². The second-order valence-corrected chi connectivity index (χ2v) is 5.45. The van der Waals surface area contributed by atoms with Crippen LogP contribution in [0.25, 0.3) is 0 Å². The summed E-state index contributed by atoms with van der Waals surface area (Å²) < 4.78 is 1.97. The van der Waals surface area contributed by atoms with Crippen molar-refractivity contribution in [2.45, 2.75) is 58.1 Å². The predicted octanol–water partition coefficient (Wildman–Crippen LogP) is 3.11. The third-order valence-electron chi connectivity index (χ3n) is 4.19. The van der Waals surface area contributed by atoms with Crippen LogP contribution in [0.15, 0.2) is 12.1 Å². The van der Waals surface area contributed by atoms with Crippen LogP contribution in [0.4, 0.5) is 0 Å². The largest absolute Gasteiger partial charge is 0.390 e. The molecular weight excluding hydrogens is 224 g/mol. The molecule has 3 nitrogen and oxygen atoms in total. The molecule has 0 radical (unpaired) electrons. The maximum Gasteiger partial charge on any atom is 0.147 e. The van der Waals surface area contributed by atoms with Crippen LogP contribution >= 0.6 is 0 Å². The van der Waals surface area contributed by atoms with Gasteiger partial charge in [-0.25, -0.2) is 0 Å². The number of nitriles is 1. The molecule has 1 aliphatic rings. The number of aromatic nitrogens is 1. The molecule has 18 heavy (non-hydrogen) atoms. The topological polar surface area (TPSA) is 49.0 Å². The van der Waals surface area contributed by atoms with E-state index in [1.165, 1.54) is 19.3 Å². The van der Waals surface area contributed by atoms with Crippen molar-refractivity contribution in [3.63, 3.8) is 0 Å². The van der Waals surface area contributed by atoms with Crippen LogP contribution in [0.3, 0.4) is 0 Å². The number of nitrogens with zero attached hydrogens (tertiary/aromatic N) is 2. The Bertz CT molecular complexity index is 418. The zero-order valence-corrected chi connectivity index (χ0v) is 11.3. The molecule has 0 aromatic carbocycles. The number of aliphatic hydroxyl groups is 1. The van der Waals surface area contributed by atoms with E-state index < -0.39 is 12.1 Å². The van der Waals surface area contributed by atoms with Gasteiger partial charge in [0.1, 0.15) is 6.04 Å². The standard InChI is InChI=1S/C15H22N2O/c1-11-8-9-12(2)17(11)14(10-16)15(18)13-6-4-3-5-7-13/h8-9,13-15,18H,3-7H2,1-2H3/t14-,15-/m1/s1. The van der Waals surface area contributed by atoms with Crippen LogP contribution in [-0.2, 0) is 0 Å². The third-order valence-corrected chi connectivity index (χ3v) is 4.19. The van der Waals surface area contributed by atoms with Crippen LogP contribution < -0.4 is 0 Å². The zero-order chi connectivity index (χ0) is 13.1. The molecular formula is C15H22N2O. The smallest absolute Gasteiger partial charge is 0.147 e. The number of aryl methyl sites for hydroxylation is 2. The van der Waals surface area contributed by atoms with Gasteiger partial charge in [0.2, 0.25) is 0 Å². The Balaban J connectivity index is 2.20. The fourth-order valence-corrected chi connectivity index (χ4v) is 3.14. The lowest BCUT2D eigenvalue weighted by Gasteiger charge is -2.31. The van der Waals surface area contributed by atoms with Gasteiger partial charge in [0.15, 0.2) is 0 Å². The first-order valence-electron chi connectivity index (χ1n) is 6.87. The van der Waals surface area contributed by atoms with Crippen LogP contribution in [0, 0.1) is 31.1 Å². The Morgan fingerprint density at radius 2 is 1.78 bits per heavy atom. The Morgan fingerprint density at radius 3 is 2.28 bits per heavy atom. The lowest BCUT2D eigenvalue weighted by molar-refractivity contribution is 0.0550. The first-order chi connectivity index (χ1) is 8.65. The number of hydrogen-bond acceptors (Lipinski definition) is 2. The van der Waals surface area contributed by atoms with E-state index in [0.717, 1.165) is 24.2 Å². The molecule has 1 fully saturated rings. The Morgan fingerprint density at radius 1 is 1.22 bits per heavy atom. The van der Waals surface area contributed by atoms with Crippen molar-refractivity contribution >= 4 is 0 Å². The Kier molecular flexibility index (Phi) is 4.08. The molecule has 1 aliphatic carbocycles. The van der Waals surface area contributed by atoms with Crippen LogP contribution in [0.1, 0.15) is 49.5 Å². The minimum Gasteiger partial charge on any atom is -0.390 e. The van der Waals surface area contributed by atoms with Crippen LogP contribution in [0.5, 0.6) is 0 Å². The van der Waals surface area contributed by atoms with Crippen LogP contribution in [0.2, 0.25) is 0 Å². The summed E-state index contributed by atoms with van der Waals surface area (Å²) in [6, 6.07) is 5.87. The van der Waals surface area contributed by atoms with E-state index in [2.05, 4.69) is 6.07 Å². The van der Waals surface area contributed by atoms with E-state index >= 15 is 0 Å². The van der Waals surface area contributed by atoms with Gasteiger partial charge in [0.25, 0.3) is 0 Å². The summed E-state index contributed by atoms with van der Waals surface area (Å²) in [7, 11) is 0. The molecule has 98 valence electrons. The summed E-state index contributed by atoms with van der Waals surface area (Å²) in [5.41, 5.74) is 2.10. The lowest BCUT2D eigenvalue weighted by Crippen LogP contribution is -2.32. The lowest BCUT2D eigenvalue weighted by atomic mass is 9.83. The molecule has 0 amide bonds. The minimum absolute atomic E-state index is 0.282. The predicted molar refractivity (Wildman–Crippen MR) is 71.1 cm³/mol. The van der Waals surface area contributed by atoms with E-state index in [1.54, 1.807) is 0 Å². The molecule has 1 saturated carbocycles. The third kappa shape index (κ3) is 2.44. The van der Waals surface area contributed by atoms with E-state index in [9.17, 15) is 10.4 Å². The van der Waals surface area contributed by atoms with Crippen molar-refractivity contribution in [2.24, 2.45) is 5.92 Å². The fraction of sp³-hybridized carbons (Fsp3) is 0.667. The second-order valence-electron chi connectivity index (χ2n) is 5.45. The van der Waals surface area contributed by atoms with Crippen molar-refractivity contribution in [1.82, 2.24) is 4.57 Å². The quantitative estimate of drug-likeness (QED) is 0.890. The van der Waals surface area contributed by atoms with E-state index in [4.69, 9.17) is 0 Å². The summed E-state index contributed by atoms with van der Waals surface area (Å²) in [4.78, 5) is 0. The van der Waals surface area contributed by atoms with Gasteiger partial charge in [-0.2, -0.15) is 5.26 Å². The fourth-order valence-electron chi connectivity index (χ4n) is 3.14. The summed E-state index contributed by atoms with van der Waals surface area (Å²) in [6.07, 6.45) is 5.20. The average molecular weight is 246 g/mol. The van der Waals surface area contributed by atoms with E-state index in [0.29, 0.717) is 0 Å². The molecule has 0 spiro atoms. The molecule has 2 atom stereocenters. The molecule has 1 N–H and O–H groups in total. The Labute approximate surface area is 109 Å². The van der Waals surface area contributed by atoms with Gasteiger partial charge >= 0.3 is 0 Å². The Hall–Kier alpha value is -1.27. The monoisotopic (exact) mass is 246 g/mol. The first kappa shape index (κ1) is 13.2. The molecule has 3 heteroatoms. The molecule has 1 heterocycles. The molecule has 1 aromatic rings. The first-order valence-corrected chi connectivity index (χ1v) is 6.87. The number of aliphatic hydroxyl groups excluding tert-OH is 1. The summed E-state index contributed by atoms with van der Waals surface area (Å²) in [5.74, 6) is 0.282. The average Bonchev–Trinajstić information content (AvgIpc) is 2.72. The second kappa shape index (κ2) is 5.58. The minimum atomic E-state index is -0.542. The summed E-state index contributed by atoms with van der Waals surface area (Å²) in [5, 5.41) is 19.9. The van der Waals surface area contributed by atoms with Gasteiger partial charge in [0, 0.05) is 11.4 Å². The SMILES string of the molecule is Cc1ccc(C)n1[C@H](C#N)[C@H](O)C1CCCCC1. The van der Waals surface area contributed by atoms with Crippen LogP contribution in [-0.4, -0.2) is 15.8 Å². The highest BCUT2D eigenvalue weighted by Crippen LogP contribution is 2.32. The molecule has 0 aliphatic heterocycles. The highest BCUT2D eigenvalue weighted by molar-refractivity contribution is 5.18. The number of rotatable bonds is 3. The van der Waals surface area contributed by atoms with Gasteiger partial charge in [-0.05, 0) is 44.7 Å². The summed E-state index contributed by atoms with van der Waals surface area (Å²) in [6.45, 7) is 3.98. The maximum absolute atomic E-state index is 10.5. The highest BCUT2D eigenvalue weighted by atomic mass is 16.3. The van der Waals surface area contributed by atoms with Gasteiger partial charge in [-0.1, -0.05) is 19.3 Å². The van der Waals surface area contributed by atoms with Crippen molar-refractivity contribution in [1.29, 1.82) is 5.26 Å². The van der Waals surface area contributed by atoms with Gasteiger partial charge in [0.05, 0.1) is 12.2 Å². The molecule has 0 saturated heterocycles. The number of hydrogen-bond donors (Lipinski definition) is 1. The highest BCUT2D eigenvalue weighted by Gasteiger charge is 2.31. The van der Waals surface area contributed by atoms with Gasteiger partial charge in [-0.3, -0.25) is 0 Å². The zero-order valence-electron chi connectivity index (χ0n) is 11.3. The van der Waals surface area contributed by atoms with Gasteiger partial charge in [-0.15, -0.1) is 0 Å². The van der Waals surface area contributed by atoms with Crippen molar-refractivity contribution in [3.8, 4) is 6.07 Å². The van der Waals surface area contributed by atoms with E-state index in [-0.39, 0.29) is 5.92 Å². The van der Waals surface area contributed by atoms with E-state index in [1.807, 2.05) is 30.5 Å². The van der Waals surface area contributed by atoms with Crippen molar-refractivity contribution in [3.05, 3.63) is 23.5 Å². The molecule has 0 unspecified atom stereocenters. The van der Waals surface area contributed by atoms with Crippen molar-refractivity contribution < 1.29 is 5.11 Å². The maximum atomic E-state index is 10.5. The molecule has 2 rings (SSSR count).